The maximum atomic E-state index is 11.7. The first-order chi connectivity index (χ1) is 21.1. The number of aliphatic hydroxyl groups excluding tert-OH is 1. The van der Waals surface area contributed by atoms with E-state index in [9.17, 15) is 9.90 Å². The van der Waals surface area contributed by atoms with Crippen molar-refractivity contribution >= 4 is 19.3 Å². The van der Waals surface area contributed by atoms with Crippen molar-refractivity contribution in [2.24, 2.45) is 17.3 Å². The second kappa shape index (κ2) is 16.5. The SMILES string of the molecule is CCC(CC)C(=O)/C=C(\O)C(CC)CC.Cc1[c-]c(-c2nccc3c2O[Si](C)(C)c2cc(CC(C)(C)C)ccc2-3)cc(C)c1C.[Ir]. The Labute approximate surface area is 294 Å². The summed E-state index contributed by atoms with van der Waals surface area (Å²) in [5, 5.41) is 11.1. The van der Waals surface area contributed by atoms with Crippen LogP contribution in [0.25, 0.3) is 22.4 Å². The van der Waals surface area contributed by atoms with E-state index in [0.29, 0.717) is 0 Å². The smallest absolute Gasteiger partial charge is 0.276 e. The van der Waals surface area contributed by atoms with Gasteiger partial charge in [-0.2, -0.15) is 0 Å². The van der Waals surface area contributed by atoms with Crippen molar-refractivity contribution in [1.82, 2.24) is 4.98 Å². The fourth-order valence-corrected chi connectivity index (χ4v) is 8.40. The minimum atomic E-state index is -2.13. The van der Waals surface area contributed by atoms with E-state index >= 15 is 0 Å². The number of rotatable bonds is 9. The van der Waals surface area contributed by atoms with Crippen LogP contribution < -0.4 is 9.61 Å². The van der Waals surface area contributed by atoms with Gasteiger partial charge >= 0.3 is 0 Å². The average Bonchev–Trinajstić information content (AvgIpc) is 2.96. The van der Waals surface area contributed by atoms with Crippen molar-refractivity contribution in [1.29, 1.82) is 0 Å². The van der Waals surface area contributed by atoms with E-state index in [4.69, 9.17) is 9.41 Å². The zero-order valence-corrected chi connectivity index (χ0v) is 33.7. The van der Waals surface area contributed by atoms with E-state index in [-0.39, 0.29) is 48.9 Å². The molecule has 2 aromatic carbocycles. The van der Waals surface area contributed by atoms with Gasteiger partial charge < -0.3 is 14.5 Å². The summed E-state index contributed by atoms with van der Waals surface area (Å²) in [5.74, 6) is 1.47. The van der Waals surface area contributed by atoms with E-state index in [1.54, 1.807) is 0 Å². The molecule has 1 radical (unpaired) electrons. The number of fused-ring (bicyclic) bond motifs is 3. The van der Waals surface area contributed by atoms with Gasteiger partial charge in [-0.05, 0) is 73.0 Å². The summed E-state index contributed by atoms with van der Waals surface area (Å²) >= 11 is 0. The first kappa shape index (κ1) is 39.6. The first-order valence-electron chi connectivity index (χ1n) is 16.8. The molecule has 3 aromatic rings. The molecule has 4 nitrogen and oxygen atoms in total. The van der Waals surface area contributed by atoms with E-state index in [1.165, 1.54) is 39.1 Å². The van der Waals surface area contributed by atoms with E-state index in [1.807, 2.05) is 33.9 Å². The van der Waals surface area contributed by atoms with Crippen LogP contribution in [0.5, 0.6) is 5.75 Å². The van der Waals surface area contributed by atoms with Crippen LogP contribution in [-0.2, 0) is 31.3 Å². The fourth-order valence-electron chi connectivity index (χ4n) is 6.17. The molecular formula is C40H56IrNO3Si-. The number of aliphatic hydroxyl groups is 1. The second-order valence-corrected chi connectivity index (χ2v) is 18.1. The van der Waals surface area contributed by atoms with Gasteiger partial charge in [-0.1, -0.05) is 87.4 Å². The third-order valence-electron chi connectivity index (χ3n) is 9.19. The van der Waals surface area contributed by atoms with Crippen LogP contribution in [0.4, 0.5) is 0 Å². The van der Waals surface area contributed by atoms with E-state index < -0.39 is 8.32 Å². The van der Waals surface area contributed by atoms with Gasteiger partial charge in [-0.3, -0.25) is 4.79 Å². The van der Waals surface area contributed by atoms with Crippen LogP contribution in [-0.4, -0.2) is 24.2 Å². The minimum Gasteiger partial charge on any atom is -0.544 e. The van der Waals surface area contributed by atoms with Crippen LogP contribution in [0.2, 0.25) is 13.1 Å². The molecular weight excluding hydrogens is 763 g/mol. The number of aromatic nitrogens is 1. The summed E-state index contributed by atoms with van der Waals surface area (Å²) in [6, 6.07) is 14.8. The Bertz CT molecular complexity index is 1500. The van der Waals surface area contributed by atoms with Gasteiger partial charge in [-0.15, -0.1) is 34.4 Å². The molecule has 0 bridgehead atoms. The summed E-state index contributed by atoms with van der Waals surface area (Å²) in [6.07, 6.45) is 7.88. The Hall–Kier alpha value is -2.53. The maximum Gasteiger partial charge on any atom is 0.276 e. The molecule has 0 unspecified atom stereocenters. The van der Waals surface area contributed by atoms with Crippen molar-refractivity contribution in [3.8, 4) is 28.1 Å². The molecule has 1 aromatic heterocycles. The normalized spacial score (nSPS) is 13.7. The molecule has 1 N–H and O–H groups in total. The standard InChI is InChI=1S/C27H32NOSi.C13H24O2.Ir/c1-17-13-21(14-18(2)19(17)3)25-26-23(11-12-28-25)22-10-9-20(16-27(4,5)6)15-24(22)30(7,8)29-26;1-5-10(6-2)12(14)9-13(15)11(7-3)8-4;/h9-13,15H,16H2,1-8H3;9-11,14H,5-8H2,1-4H3;/q-1;;/b;12-9-;. The summed E-state index contributed by atoms with van der Waals surface area (Å²) in [7, 11) is -2.13. The molecule has 2 heterocycles. The Morgan fingerprint density at radius 2 is 1.57 bits per heavy atom. The number of carbonyl (C=O) groups is 1. The van der Waals surface area contributed by atoms with Gasteiger partial charge in [0.25, 0.3) is 8.32 Å². The Morgan fingerprint density at radius 1 is 0.957 bits per heavy atom. The van der Waals surface area contributed by atoms with E-state index in [0.717, 1.165) is 54.7 Å². The number of hydrogen-bond donors (Lipinski definition) is 1. The number of allylic oxidation sites excluding steroid dienone is 2. The predicted octanol–water partition coefficient (Wildman–Crippen LogP) is 10.4. The third kappa shape index (κ3) is 9.52. The largest absolute Gasteiger partial charge is 0.544 e. The van der Waals surface area contributed by atoms with Gasteiger partial charge in [-0.25, -0.2) is 0 Å². The number of pyridine rings is 1. The van der Waals surface area contributed by atoms with E-state index in [2.05, 4.69) is 91.0 Å². The molecule has 253 valence electrons. The summed E-state index contributed by atoms with van der Waals surface area (Å²) in [5.41, 5.74) is 9.75. The van der Waals surface area contributed by atoms with Gasteiger partial charge in [0.1, 0.15) is 0 Å². The molecule has 4 rings (SSSR count). The predicted molar refractivity (Wildman–Crippen MR) is 193 cm³/mol. The molecule has 1 aliphatic heterocycles. The fraction of sp³-hybridized carbons (Fsp3) is 0.500. The molecule has 0 saturated carbocycles. The molecule has 0 atom stereocenters. The quantitative estimate of drug-likeness (QED) is 0.101. The Kier molecular flexibility index (Phi) is 14.2. The number of hydrogen-bond acceptors (Lipinski definition) is 4. The second-order valence-electron chi connectivity index (χ2n) is 14.4. The van der Waals surface area contributed by atoms with Crippen LogP contribution in [0.3, 0.4) is 0 Å². The number of nitrogens with zero attached hydrogens (tertiary/aromatic N) is 1. The molecule has 0 aliphatic carbocycles. The molecule has 46 heavy (non-hydrogen) atoms. The van der Waals surface area contributed by atoms with Crippen molar-refractivity contribution in [3.05, 3.63) is 76.7 Å². The zero-order valence-electron chi connectivity index (χ0n) is 30.3. The maximum absolute atomic E-state index is 11.7. The molecule has 0 saturated heterocycles. The van der Waals surface area contributed by atoms with Crippen molar-refractivity contribution < 1.29 is 34.4 Å². The third-order valence-corrected chi connectivity index (χ3v) is 11.6. The average molecular weight is 819 g/mol. The number of benzene rings is 2. The van der Waals surface area contributed by atoms with Crippen molar-refractivity contribution in [2.75, 3.05) is 0 Å². The molecule has 0 amide bonds. The molecule has 0 fully saturated rings. The molecule has 0 spiro atoms. The number of ketones is 1. The van der Waals surface area contributed by atoms with Gasteiger partial charge in [0.15, 0.2) is 5.78 Å². The minimum absolute atomic E-state index is 0. The summed E-state index contributed by atoms with van der Waals surface area (Å²) in [4.78, 5) is 16.5. The first-order valence-corrected chi connectivity index (χ1v) is 19.7. The zero-order chi connectivity index (χ0) is 33.7. The van der Waals surface area contributed by atoms with Crippen molar-refractivity contribution in [3.63, 3.8) is 0 Å². The van der Waals surface area contributed by atoms with Gasteiger partial charge in [0, 0.05) is 55.5 Å². The number of aryl methyl sites for hydroxylation is 2. The van der Waals surface area contributed by atoms with Gasteiger partial charge in [0.2, 0.25) is 0 Å². The Morgan fingerprint density at radius 3 is 2.11 bits per heavy atom. The molecule has 6 heteroatoms. The van der Waals surface area contributed by atoms with Crippen LogP contribution >= 0.6 is 0 Å². The molecule has 1 aliphatic rings. The summed E-state index contributed by atoms with van der Waals surface area (Å²) < 4.78 is 6.78. The monoisotopic (exact) mass is 819 g/mol. The Balaban J connectivity index is 0.000000394. The topological polar surface area (TPSA) is 59.4 Å². The van der Waals surface area contributed by atoms with Crippen LogP contribution in [0, 0.1) is 44.1 Å². The number of carbonyl (C=O) groups excluding carboxylic acids is 1. The van der Waals surface area contributed by atoms with Crippen LogP contribution in [0.15, 0.2) is 48.4 Å². The summed E-state index contributed by atoms with van der Waals surface area (Å²) in [6.45, 7) is 26.0. The van der Waals surface area contributed by atoms with Crippen molar-refractivity contribution in [2.45, 2.75) is 114 Å². The van der Waals surface area contributed by atoms with Gasteiger partial charge in [0.05, 0.1) is 11.5 Å². The van der Waals surface area contributed by atoms with Crippen LogP contribution in [0.1, 0.15) is 96.4 Å².